The Hall–Kier alpha value is -2.41. The van der Waals surface area contributed by atoms with Gasteiger partial charge in [0, 0.05) is 14.6 Å². The number of rotatable bonds is 4. The number of amides is 2. The Balaban J connectivity index is 1.67. The van der Waals surface area contributed by atoms with E-state index in [1.807, 2.05) is 61.5 Å². The number of anilines is 1. The number of benzene rings is 3. The number of hydrogen-bond donors (Lipinski definition) is 2. The molecule has 0 aliphatic carbocycles. The quantitative estimate of drug-likeness (QED) is 0.595. The number of aryl methyl sites for hydroxylation is 1. The number of hydrogen-bond acceptors (Lipinski definition) is 2. The Bertz CT molecular complexity index is 948. The van der Waals surface area contributed by atoms with E-state index in [4.69, 9.17) is 0 Å². The predicted octanol–water partition coefficient (Wildman–Crippen LogP) is 4.12. The molecule has 0 spiro atoms. The standard InChI is InChI=1S/C20H17IN2O2/c1-13-6-4-10-16(19(13)21)20(25)22-12-18(24)23-17-11-5-8-14-7-2-3-9-15(14)17/h2-11H,12H2,1H3,(H,22,25)(H,23,24). The fourth-order valence-corrected chi connectivity index (χ4v) is 3.21. The van der Waals surface area contributed by atoms with Crippen LogP contribution in [0.15, 0.2) is 60.7 Å². The highest BCUT2D eigenvalue weighted by atomic mass is 127. The maximum Gasteiger partial charge on any atom is 0.252 e. The topological polar surface area (TPSA) is 58.2 Å². The Morgan fingerprint density at radius 2 is 1.68 bits per heavy atom. The molecule has 4 nitrogen and oxygen atoms in total. The van der Waals surface area contributed by atoms with Crippen molar-refractivity contribution in [1.82, 2.24) is 5.32 Å². The van der Waals surface area contributed by atoms with Gasteiger partial charge in [-0.25, -0.2) is 0 Å². The summed E-state index contributed by atoms with van der Waals surface area (Å²) in [6, 6.07) is 19.1. The molecule has 3 aromatic carbocycles. The molecule has 2 amide bonds. The van der Waals surface area contributed by atoms with Crippen LogP contribution < -0.4 is 10.6 Å². The Morgan fingerprint density at radius 1 is 0.960 bits per heavy atom. The van der Waals surface area contributed by atoms with E-state index in [9.17, 15) is 9.59 Å². The summed E-state index contributed by atoms with van der Waals surface area (Å²) >= 11 is 2.14. The van der Waals surface area contributed by atoms with E-state index in [0.717, 1.165) is 25.6 Å². The molecule has 3 aromatic rings. The normalized spacial score (nSPS) is 10.5. The van der Waals surface area contributed by atoms with Gasteiger partial charge in [-0.05, 0) is 52.6 Å². The van der Waals surface area contributed by atoms with Crippen molar-refractivity contribution < 1.29 is 9.59 Å². The molecule has 25 heavy (non-hydrogen) atoms. The third-order valence-electron chi connectivity index (χ3n) is 3.91. The first-order valence-electron chi connectivity index (χ1n) is 7.87. The van der Waals surface area contributed by atoms with Gasteiger partial charge in [0.05, 0.1) is 12.1 Å². The Labute approximate surface area is 159 Å². The minimum atomic E-state index is -0.257. The van der Waals surface area contributed by atoms with Gasteiger partial charge in [0.1, 0.15) is 0 Å². The maximum absolute atomic E-state index is 12.3. The number of halogens is 1. The van der Waals surface area contributed by atoms with Gasteiger partial charge in [0.2, 0.25) is 5.91 Å². The molecular weight excluding hydrogens is 427 g/mol. The van der Waals surface area contributed by atoms with Gasteiger partial charge in [0.15, 0.2) is 0 Å². The SMILES string of the molecule is Cc1cccc(C(=O)NCC(=O)Nc2cccc3ccccc23)c1I. The number of carbonyl (C=O) groups excluding carboxylic acids is 2. The lowest BCUT2D eigenvalue weighted by atomic mass is 10.1. The van der Waals surface area contributed by atoms with E-state index in [0.29, 0.717) is 5.56 Å². The molecule has 0 radical (unpaired) electrons. The lowest BCUT2D eigenvalue weighted by Gasteiger charge is -2.10. The summed E-state index contributed by atoms with van der Waals surface area (Å²) in [7, 11) is 0. The number of carbonyl (C=O) groups is 2. The van der Waals surface area contributed by atoms with Crippen molar-refractivity contribution in [2.24, 2.45) is 0 Å². The van der Waals surface area contributed by atoms with E-state index < -0.39 is 0 Å². The van der Waals surface area contributed by atoms with Gasteiger partial charge >= 0.3 is 0 Å². The third-order valence-corrected chi connectivity index (χ3v) is 5.34. The minimum absolute atomic E-state index is 0.0773. The van der Waals surface area contributed by atoms with Gasteiger partial charge in [-0.15, -0.1) is 0 Å². The molecule has 5 heteroatoms. The summed E-state index contributed by atoms with van der Waals surface area (Å²) in [5, 5.41) is 7.57. The molecule has 0 fully saturated rings. The summed E-state index contributed by atoms with van der Waals surface area (Å²) in [5.74, 6) is -0.506. The highest BCUT2D eigenvalue weighted by Crippen LogP contribution is 2.22. The van der Waals surface area contributed by atoms with E-state index >= 15 is 0 Å². The molecule has 0 aromatic heterocycles. The van der Waals surface area contributed by atoms with Crippen molar-refractivity contribution in [3.63, 3.8) is 0 Å². The van der Waals surface area contributed by atoms with Gasteiger partial charge in [0.25, 0.3) is 5.91 Å². The largest absolute Gasteiger partial charge is 0.343 e. The van der Waals surface area contributed by atoms with Crippen LogP contribution in [0.4, 0.5) is 5.69 Å². The average Bonchev–Trinajstić information content (AvgIpc) is 2.62. The van der Waals surface area contributed by atoms with Gasteiger partial charge in [-0.3, -0.25) is 9.59 Å². The predicted molar refractivity (Wildman–Crippen MR) is 109 cm³/mol. The molecule has 0 aliphatic heterocycles. The van der Waals surface area contributed by atoms with E-state index in [2.05, 4.69) is 33.2 Å². The first-order valence-corrected chi connectivity index (χ1v) is 8.95. The van der Waals surface area contributed by atoms with Gasteiger partial charge in [-0.2, -0.15) is 0 Å². The van der Waals surface area contributed by atoms with Crippen LogP contribution in [-0.4, -0.2) is 18.4 Å². The molecular formula is C20H17IN2O2. The molecule has 0 saturated carbocycles. The first-order chi connectivity index (χ1) is 12.1. The monoisotopic (exact) mass is 444 g/mol. The molecule has 0 heterocycles. The molecule has 0 atom stereocenters. The van der Waals surface area contributed by atoms with Crippen LogP contribution in [-0.2, 0) is 4.79 Å². The summed E-state index contributed by atoms with van der Waals surface area (Å²) in [6.07, 6.45) is 0. The zero-order valence-electron chi connectivity index (χ0n) is 13.7. The number of fused-ring (bicyclic) bond motifs is 1. The second-order valence-corrected chi connectivity index (χ2v) is 6.77. The van der Waals surface area contributed by atoms with Crippen molar-refractivity contribution in [3.05, 3.63) is 75.4 Å². The first kappa shape index (κ1) is 17.4. The van der Waals surface area contributed by atoms with Crippen LogP contribution in [0.3, 0.4) is 0 Å². The lowest BCUT2D eigenvalue weighted by molar-refractivity contribution is -0.115. The van der Waals surface area contributed by atoms with Gasteiger partial charge in [-0.1, -0.05) is 48.5 Å². The molecule has 3 rings (SSSR count). The molecule has 2 N–H and O–H groups in total. The Kier molecular flexibility index (Phi) is 5.33. The van der Waals surface area contributed by atoms with Crippen LogP contribution in [0, 0.1) is 10.5 Å². The molecule has 0 unspecified atom stereocenters. The van der Waals surface area contributed by atoms with Crippen LogP contribution in [0.5, 0.6) is 0 Å². The molecule has 0 saturated heterocycles. The Morgan fingerprint density at radius 3 is 2.52 bits per heavy atom. The summed E-state index contributed by atoms with van der Waals surface area (Å²) < 4.78 is 0.895. The van der Waals surface area contributed by atoms with Crippen LogP contribution in [0.2, 0.25) is 0 Å². The van der Waals surface area contributed by atoms with Crippen LogP contribution in [0.25, 0.3) is 10.8 Å². The van der Waals surface area contributed by atoms with Crippen LogP contribution in [0.1, 0.15) is 15.9 Å². The lowest BCUT2D eigenvalue weighted by Crippen LogP contribution is -2.33. The second kappa shape index (κ2) is 7.65. The molecule has 0 bridgehead atoms. The summed E-state index contributed by atoms with van der Waals surface area (Å²) in [4.78, 5) is 24.5. The fraction of sp³-hybridized carbons (Fsp3) is 0.100. The highest BCUT2D eigenvalue weighted by molar-refractivity contribution is 14.1. The van der Waals surface area contributed by atoms with Crippen molar-refractivity contribution >= 4 is 50.9 Å². The van der Waals surface area contributed by atoms with Crippen molar-refractivity contribution in [2.45, 2.75) is 6.92 Å². The maximum atomic E-state index is 12.3. The summed E-state index contributed by atoms with van der Waals surface area (Å²) in [5.41, 5.74) is 2.36. The molecule has 0 aliphatic rings. The third kappa shape index (κ3) is 3.99. The zero-order chi connectivity index (χ0) is 17.8. The van der Waals surface area contributed by atoms with Crippen molar-refractivity contribution in [2.75, 3.05) is 11.9 Å². The van der Waals surface area contributed by atoms with Gasteiger partial charge < -0.3 is 10.6 Å². The van der Waals surface area contributed by atoms with Crippen molar-refractivity contribution in [1.29, 1.82) is 0 Å². The second-order valence-electron chi connectivity index (χ2n) is 5.69. The summed E-state index contributed by atoms with van der Waals surface area (Å²) in [6.45, 7) is 1.87. The highest BCUT2D eigenvalue weighted by Gasteiger charge is 2.13. The van der Waals surface area contributed by atoms with E-state index in [1.54, 1.807) is 6.07 Å². The average molecular weight is 444 g/mol. The fourth-order valence-electron chi connectivity index (χ4n) is 2.61. The molecule has 126 valence electrons. The van der Waals surface area contributed by atoms with Crippen molar-refractivity contribution in [3.8, 4) is 0 Å². The minimum Gasteiger partial charge on any atom is -0.343 e. The van der Waals surface area contributed by atoms with Crippen LogP contribution >= 0.6 is 22.6 Å². The number of nitrogens with one attached hydrogen (secondary N) is 2. The smallest absolute Gasteiger partial charge is 0.252 e. The van der Waals surface area contributed by atoms with E-state index in [1.165, 1.54) is 0 Å². The van der Waals surface area contributed by atoms with E-state index in [-0.39, 0.29) is 18.4 Å². The zero-order valence-corrected chi connectivity index (χ0v) is 15.8.